The Labute approximate surface area is 147 Å². The third-order valence-corrected chi connectivity index (χ3v) is 4.60. The molecule has 0 rings (SSSR count). The first-order valence-corrected chi connectivity index (χ1v) is 8.84. The van der Waals surface area contributed by atoms with Crippen LogP contribution in [0.5, 0.6) is 0 Å². The van der Waals surface area contributed by atoms with E-state index in [0.717, 1.165) is 12.8 Å². The molecule has 0 saturated heterocycles. The highest BCUT2D eigenvalue weighted by Gasteiger charge is 2.43. The molecule has 0 bridgehead atoms. The van der Waals surface area contributed by atoms with E-state index in [0.29, 0.717) is 17.4 Å². The summed E-state index contributed by atoms with van der Waals surface area (Å²) in [5.41, 5.74) is -0.993. The van der Waals surface area contributed by atoms with Crippen molar-refractivity contribution in [1.29, 1.82) is 0 Å². The van der Waals surface area contributed by atoms with Crippen molar-refractivity contribution in [2.24, 2.45) is 28.6 Å². The molecule has 4 nitrogen and oxygen atoms in total. The highest BCUT2D eigenvalue weighted by Crippen LogP contribution is 2.50. The van der Waals surface area contributed by atoms with Gasteiger partial charge in [-0.05, 0) is 47.0 Å². The maximum Gasteiger partial charge on any atom is 0.343 e. The molecule has 0 aromatic carbocycles. The fourth-order valence-corrected chi connectivity index (χ4v) is 4.00. The van der Waals surface area contributed by atoms with Gasteiger partial charge in [0.15, 0.2) is 0 Å². The Balaban J connectivity index is 6.48. The summed E-state index contributed by atoms with van der Waals surface area (Å²) in [5.74, 6) is -1.55. The second-order valence-electron chi connectivity index (χ2n) is 9.29. The van der Waals surface area contributed by atoms with Crippen molar-refractivity contribution < 1.29 is 19.8 Å². The smallest absolute Gasteiger partial charge is 0.343 e. The first kappa shape index (κ1) is 22.7. The van der Waals surface area contributed by atoms with Gasteiger partial charge in [0.05, 0.1) is 0 Å². The maximum absolute atomic E-state index is 11.7. The van der Waals surface area contributed by atoms with Gasteiger partial charge in [0.1, 0.15) is 5.57 Å². The number of hydrogen-bond acceptors (Lipinski definition) is 2. The molecule has 0 aliphatic heterocycles. The van der Waals surface area contributed by atoms with Crippen molar-refractivity contribution in [2.75, 3.05) is 0 Å². The molecule has 140 valence electrons. The molecule has 2 N–H and O–H groups in total. The van der Waals surface area contributed by atoms with Gasteiger partial charge in [0.25, 0.3) is 0 Å². The SMILES string of the molecule is CC(C)CC(CC(C)C)C(C)(C)C(=C(C(=O)O)C(=O)O)C(C)(C)C. The van der Waals surface area contributed by atoms with Crippen LogP contribution in [-0.4, -0.2) is 22.2 Å². The standard InChI is InChI=1S/C20H36O4/c1-12(2)10-14(11-13(3)4)20(8,9)16(19(5,6)7)15(17(21)22)18(23)24/h12-14H,10-11H2,1-9H3,(H,21,22)(H,23,24). The molecule has 4 heteroatoms. The summed E-state index contributed by atoms with van der Waals surface area (Å²) in [7, 11) is 0. The van der Waals surface area contributed by atoms with Gasteiger partial charge < -0.3 is 10.2 Å². The first-order valence-electron chi connectivity index (χ1n) is 8.84. The van der Waals surface area contributed by atoms with Gasteiger partial charge in [-0.15, -0.1) is 0 Å². The molecular weight excluding hydrogens is 304 g/mol. The number of carboxylic acid groups (broad SMARTS) is 2. The van der Waals surface area contributed by atoms with E-state index in [-0.39, 0.29) is 5.92 Å². The minimum Gasteiger partial charge on any atom is -0.477 e. The molecule has 0 fully saturated rings. The number of hydrogen-bond donors (Lipinski definition) is 2. The topological polar surface area (TPSA) is 74.6 Å². The molecule has 0 aliphatic rings. The average Bonchev–Trinajstić information content (AvgIpc) is 2.30. The summed E-state index contributed by atoms with van der Waals surface area (Å²) in [6.07, 6.45) is 1.88. The molecular formula is C20H36O4. The van der Waals surface area contributed by atoms with Crippen LogP contribution >= 0.6 is 0 Å². The quantitative estimate of drug-likeness (QED) is 0.360. The lowest BCUT2D eigenvalue weighted by Gasteiger charge is -2.44. The molecule has 0 radical (unpaired) electrons. The van der Waals surface area contributed by atoms with Crippen molar-refractivity contribution in [3.8, 4) is 0 Å². The van der Waals surface area contributed by atoms with Crippen LogP contribution in [0.1, 0.15) is 75.2 Å². The zero-order valence-electron chi connectivity index (χ0n) is 16.9. The summed E-state index contributed by atoms with van der Waals surface area (Å²) < 4.78 is 0. The van der Waals surface area contributed by atoms with Crippen LogP contribution in [0.15, 0.2) is 11.1 Å². The number of aliphatic carboxylic acids is 2. The minimum absolute atomic E-state index is 0.223. The summed E-state index contributed by atoms with van der Waals surface area (Å²) in [4.78, 5) is 23.4. The fraction of sp³-hybridized carbons (Fsp3) is 0.800. The van der Waals surface area contributed by atoms with Gasteiger partial charge in [-0.2, -0.15) is 0 Å². The first-order chi connectivity index (χ1) is 10.6. The largest absolute Gasteiger partial charge is 0.477 e. The van der Waals surface area contributed by atoms with Gasteiger partial charge in [-0.3, -0.25) is 0 Å². The number of rotatable bonds is 8. The van der Waals surface area contributed by atoms with Crippen LogP contribution < -0.4 is 0 Å². The zero-order valence-corrected chi connectivity index (χ0v) is 16.9. The summed E-state index contributed by atoms with van der Waals surface area (Å²) in [6, 6.07) is 0. The summed E-state index contributed by atoms with van der Waals surface area (Å²) in [6.45, 7) is 18.3. The van der Waals surface area contributed by atoms with Gasteiger partial charge in [-0.25, -0.2) is 9.59 Å². The lowest BCUT2D eigenvalue weighted by molar-refractivity contribution is -0.140. The third kappa shape index (κ3) is 5.95. The van der Waals surface area contributed by atoms with Crippen LogP contribution in [0.3, 0.4) is 0 Å². The van der Waals surface area contributed by atoms with Gasteiger partial charge in [-0.1, -0.05) is 62.3 Å². The van der Waals surface area contributed by atoms with Crippen molar-refractivity contribution in [3.63, 3.8) is 0 Å². The summed E-state index contributed by atoms with van der Waals surface area (Å²) >= 11 is 0. The molecule has 0 aliphatic carbocycles. The predicted molar refractivity (Wildman–Crippen MR) is 97.9 cm³/mol. The Bertz CT molecular complexity index is 464. The third-order valence-electron chi connectivity index (χ3n) is 4.60. The number of carbonyl (C=O) groups is 2. The molecule has 0 atom stereocenters. The fourth-order valence-electron chi connectivity index (χ4n) is 4.00. The van der Waals surface area contributed by atoms with E-state index in [1.807, 2.05) is 34.6 Å². The minimum atomic E-state index is -1.35. The second-order valence-corrected chi connectivity index (χ2v) is 9.29. The van der Waals surface area contributed by atoms with Crippen molar-refractivity contribution in [3.05, 3.63) is 11.1 Å². The molecule has 0 aromatic rings. The Morgan fingerprint density at radius 2 is 1.12 bits per heavy atom. The Morgan fingerprint density at radius 1 is 0.792 bits per heavy atom. The van der Waals surface area contributed by atoms with E-state index in [4.69, 9.17) is 0 Å². The van der Waals surface area contributed by atoms with Crippen molar-refractivity contribution in [2.45, 2.75) is 75.2 Å². The monoisotopic (exact) mass is 340 g/mol. The highest BCUT2D eigenvalue weighted by atomic mass is 16.4. The van der Waals surface area contributed by atoms with Crippen LogP contribution in [0.2, 0.25) is 0 Å². The Hall–Kier alpha value is -1.32. The van der Waals surface area contributed by atoms with Crippen LogP contribution in [0, 0.1) is 28.6 Å². The van der Waals surface area contributed by atoms with Crippen molar-refractivity contribution >= 4 is 11.9 Å². The van der Waals surface area contributed by atoms with E-state index in [9.17, 15) is 19.8 Å². The molecule has 0 spiro atoms. The predicted octanol–water partition coefficient (Wildman–Crippen LogP) is 5.23. The lowest BCUT2D eigenvalue weighted by Crippen LogP contribution is -2.37. The van der Waals surface area contributed by atoms with Gasteiger partial charge >= 0.3 is 11.9 Å². The van der Waals surface area contributed by atoms with E-state index in [1.54, 1.807) is 0 Å². The summed E-state index contributed by atoms with van der Waals surface area (Å²) in [5, 5.41) is 19.1. The number of allylic oxidation sites excluding steroid dienone is 1. The van der Waals surface area contributed by atoms with E-state index < -0.39 is 28.3 Å². The lowest BCUT2D eigenvalue weighted by atomic mass is 9.60. The Kier molecular flexibility index (Phi) is 7.72. The zero-order chi connectivity index (χ0) is 19.5. The van der Waals surface area contributed by atoms with Crippen LogP contribution in [-0.2, 0) is 9.59 Å². The van der Waals surface area contributed by atoms with Crippen molar-refractivity contribution in [1.82, 2.24) is 0 Å². The molecule has 0 heterocycles. The van der Waals surface area contributed by atoms with Gasteiger partial charge in [0.2, 0.25) is 0 Å². The van der Waals surface area contributed by atoms with Gasteiger partial charge in [0, 0.05) is 0 Å². The van der Waals surface area contributed by atoms with Crippen LogP contribution in [0.4, 0.5) is 0 Å². The second kappa shape index (κ2) is 8.17. The number of carboxylic acids is 2. The molecule has 24 heavy (non-hydrogen) atoms. The Morgan fingerprint density at radius 3 is 1.33 bits per heavy atom. The average molecular weight is 341 g/mol. The molecule has 0 aromatic heterocycles. The van der Waals surface area contributed by atoms with E-state index >= 15 is 0 Å². The van der Waals surface area contributed by atoms with E-state index in [1.165, 1.54) is 0 Å². The molecule has 0 unspecified atom stereocenters. The van der Waals surface area contributed by atoms with Crippen LogP contribution in [0.25, 0.3) is 0 Å². The molecule has 0 saturated carbocycles. The molecule has 0 amide bonds. The maximum atomic E-state index is 11.7. The normalized spacial score (nSPS) is 12.8. The van der Waals surface area contributed by atoms with E-state index in [2.05, 4.69) is 27.7 Å². The highest BCUT2D eigenvalue weighted by molar-refractivity contribution is 6.13.